The largest absolute Gasteiger partial charge is 0.478 e. The summed E-state index contributed by atoms with van der Waals surface area (Å²) in [6.45, 7) is 2.45. The van der Waals surface area contributed by atoms with Gasteiger partial charge in [-0.3, -0.25) is 9.49 Å². The number of ether oxygens (including phenoxy) is 1. The maximum atomic E-state index is 13.2. The predicted octanol–water partition coefficient (Wildman–Crippen LogP) is 3.59. The number of aromatic amines is 1. The van der Waals surface area contributed by atoms with Gasteiger partial charge in [0.25, 0.3) is 0 Å². The quantitative estimate of drug-likeness (QED) is 0.837. The lowest BCUT2D eigenvalue weighted by molar-refractivity contribution is -0.0530. The standard InChI is InChI=1S/C14H16Cl2FN3O2/c1-14(2,6-17)12(21)11(13-18-7-19-20-13)22-10-4-3-8(15)5-9(10)16/h3-5,7,11-12,21H,6H2,1-2H3,(H,18,19,20). The number of hydrogen-bond acceptors (Lipinski definition) is 4. The minimum atomic E-state index is -1.18. The summed E-state index contributed by atoms with van der Waals surface area (Å²) >= 11 is 11.9. The van der Waals surface area contributed by atoms with E-state index < -0.39 is 24.3 Å². The van der Waals surface area contributed by atoms with Crippen LogP contribution in [0, 0.1) is 5.41 Å². The Kier molecular flexibility index (Phi) is 5.26. The average molecular weight is 348 g/mol. The van der Waals surface area contributed by atoms with Crippen molar-refractivity contribution in [2.24, 2.45) is 5.41 Å². The van der Waals surface area contributed by atoms with E-state index in [0.29, 0.717) is 10.8 Å². The van der Waals surface area contributed by atoms with E-state index in [2.05, 4.69) is 15.2 Å². The Hall–Kier alpha value is -1.37. The van der Waals surface area contributed by atoms with E-state index in [1.807, 2.05) is 0 Å². The van der Waals surface area contributed by atoms with E-state index in [1.54, 1.807) is 26.0 Å². The summed E-state index contributed by atoms with van der Waals surface area (Å²) in [5, 5.41) is 17.7. The van der Waals surface area contributed by atoms with Crippen LogP contribution in [0.15, 0.2) is 24.5 Å². The van der Waals surface area contributed by atoms with Gasteiger partial charge in [0.1, 0.15) is 18.2 Å². The van der Waals surface area contributed by atoms with Gasteiger partial charge >= 0.3 is 0 Å². The molecule has 0 radical (unpaired) electrons. The number of nitrogens with zero attached hydrogens (tertiary/aromatic N) is 2. The van der Waals surface area contributed by atoms with Gasteiger partial charge in [0.05, 0.1) is 11.7 Å². The number of aliphatic hydroxyl groups is 1. The SMILES string of the molecule is CC(C)(CF)C(O)C(Oc1ccc(Cl)cc1Cl)c1nc[nH]n1. The number of rotatable bonds is 6. The summed E-state index contributed by atoms with van der Waals surface area (Å²) in [5.41, 5.74) is -1.04. The molecule has 0 amide bonds. The molecule has 0 aliphatic rings. The van der Waals surface area contributed by atoms with Crippen molar-refractivity contribution in [3.8, 4) is 5.75 Å². The number of hydrogen-bond donors (Lipinski definition) is 2. The van der Waals surface area contributed by atoms with Crippen LogP contribution in [0.25, 0.3) is 0 Å². The zero-order valence-electron chi connectivity index (χ0n) is 12.1. The summed E-state index contributed by atoms with van der Waals surface area (Å²) < 4.78 is 18.9. The van der Waals surface area contributed by atoms with Gasteiger partial charge in [0, 0.05) is 10.4 Å². The van der Waals surface area contributed by atoms with Crippen molar-refractivity contribution in [2.75, 3.05) is 6.67 Å². The van der Waals surface area contributed by atoms with E-state index in [1.165, 1.54) is 12.4 Å². The molecule has 2 N–H and O–H groups in total. The van der Waals surface area contributed by atoms with Crippen molar-refractivity contribution >= 4 is 23.2 Å². The Labute approximate surface area is 137 Å². The van der Waals surface area contributed by atoms with Gasteiger partial charge in [-0.05, 0) is 18.2 Å². The Balaban J connectivity index is 2.33. The highest BCUT2D eigenvalue weighted by Gasteiger charge is 2.39. The number of halogens is 3. The molecule has 8 heteroatoms. The van der Waals surface area contributed by atoms with Crippen LogP contribution in [-0.4, -0.2) is 33.1 Å². The maximum Gasteiger partial charge on any atom is 0.193 e. The summed E-state index contributed by atoms with van der Waals surface area (Å²) in [6.07, 6.45) is -0.805. The third-order valence-corrected chi connectivity index (χ3v) is 3.80. The summed E-state index contributed by atoms with van der Waals surface area (Å²) in [6, 6.07) is 4.68. The molecule has 5 nitrogen and oxygen atoms in total. The van der Waals surface area contributed by atoms with Crippen LogP contribution in [0.1, 0.15) is 25.8 Å². The molecule has 0 saturated heterocycles. The Morgan fingerprint density at radius 3 is 2.68 bits per heavy atom. The molecule has 0 bridgehead atoms. The number of aliphatic hydroxyl groups excluding tert-OH is 1. The average Bonchev–Trinajstić information content (AvgIpc) is 3.00. The predicted molar refractivity (Wildman–Crippen MR) is 82.0 cm³/mol. The minimum absolute atomic E-state index is 0.208. The van der Waals surface area contributed by atoms with Crippen molar-refractivity contribution in [1.82, 2.24) is 15.2 Å². The first kappa shape index (κ1) is 17.0. The normalized spacial score (nSPS) is 14.6. The Morgan fingerprint density at radius 1 is 1.41 bits per heavy atom. The second-order valence-corrected chi connectivity index (χ2v) is 6.38. The van der Waals surface area contributed by atoms with Crippen LogP contribution in [0.5, 0.6) is 5.75 Å². The lowest BCUT2D eigenvalue weighted by atomic mass is 9.84. The van der Waals surface area contributed by atoms with E-state index in [9.17, 15) is 9.50 Å². The second-order valence-electron chi connectivity index (χ2n) is 5.54. The fraction of sp³-hybridized carbons (Fsp3) is 0.429. The molecule has 2 unspecified atom stereocenters. The molecule has 22 heavy (non-hydrogen) atoms. The topological polar surface area (TPSA) is 71.0 Å². The van der Waals surface area contributed by atoms with Gasteiger partial charge in [0.2, 0.25) is 0 Å². The molecule has 2 rings (SSSR count). The third-order valence-electron chi connectivity index (χ3n) is 3.27. The van der Waals surface area contributed by atoms with Gasteiger partial charge < -0.3 is 9.84 Å². The molecule has 0 saturated carbocycles. The number of alkyl halides is 1. The van der Waals surface area contributed by atoms with E-state index >= 15 is 0 Å². The van der Waals surface area contributed by atoms with Crippen molar-refractivity contribution in [3.63, 3.8) is 0 Å². The number of H-pyrrole nitrogens is 1. The zero-order chi connectivity index (χ0) is 16.3. The van der Waals surface area contributed by atoms with Crippen LogP contribution < -0.4 is 4.74 Å². The highest BCUT2D eigenvalue weighted by Crippen LogP contribution is 2.36. The molecule has 2 aromatic rings. The van der Waals surface area contributed by atoms with Gasteiger partial charge in [-0.15, -0.1) is 0 Å². The molecular weight excluding hydrogens is 332 g/mol. The molecule has 1 aromatic heterocycles. The van der Waals surface area contributed by atoms with Gasteiger partial charge in [-0.2, -0.15) is 5.10 Å². The van der Waals surface area contributed by atoms with Crippen molar-refractivity contribution in [1.29, 1.82) is 0 Å². The van der Waals surface area contributed by atoms with Crippen LogP contribution in [0.2, 0.25) is 10.0 Å². The van der Waals surface area contributed by atoms with E-state index in [4.69, 9.17) is 27.9 Å². The van der Waals surface area contributed by atoms with Gasteiger partial charge in [0.15, 0.2) is 11.9 Å². The van der Waals surface area contributed by atoms with Crippen molar-refractivity contribution in [3.05, 3.63) is 40.4 Å². The Bertz CT molecular complexity index is 623. The fourth-order valence-corrected chi connectivity index (χ4v) is 2.26. The maximum absolute atomic E-state index is 13.2. The smallest absolute Gasteiger partial charge is 0.193 e. The lowest BCUT2D eigenvalue weighted by Gasteiger charge is -2.32. The molecule has 0 fully saturated rings. The van der Waals surface area contributed by atoms with E-state index in [0.717, 1.165) is 0 Å². The number of nitrogens with one attached hydrogen (secondary N) is 1. The highest BCUT2D eigenvalue weighted by molar-refractivity contribution is 6.35. The van der Waals surface area contributed by atoms with Crippen LogP contribution in [-0.2, 0) is 0 Å². The zero-order valence-corrected chi connectivity index (χ0v) is 13.6. The first-order valence-corrected chi connectivity index (χ1v) is 7.32. The first-order valence-electron chi connectivity index (χ1n) is 6.56. The molecule has 2 atom stereocenters. The fourth-order valence-electron chi connectivity index (χ4n) is 1.81. The summed E-state index contributed by atoms with van der Waals surface area (Å²) in [7, 11) is 0. The number of aromatic nitrogens is 3. The van der Waals surface area contributed by atoms with Crippen molar-refractivity contribution < 1.29 is 14.2 Å². The lowest BCUT2D eigenvalue weighted by Crippen LogP contribution is -2.39. The molecule has 0 aliphatic carbocycles. The molecule has 1 aromatic carbocycles. The minimum Gasteiger partial charge on any atom is -0.478 e. The molecule has 120 valence electrons. The molecule has 1 heterocycles. The van der Waals surface area contributed by atoms with Crippen LogP contribution in [0.3, 0.4) is 0 Å². The molecular formula is C14H16Cl2FN3O2. The number of benzene rings is 1. The van der Waals surface area contributed by atoms with Gasteiger partial charge in [-0.25, -0.2) is 4.98 Å². The van der Waals surface area contributed by atoms with E-state index in [-0.39, 0.29) is 10.8 Å². The monoisotopic (exact) mass is 347 g/mol. The molecule has 0 aliphatic heterocycles. The molecule has 0 spiro atoms. The summed E-state index contributed by atoms with van der Waals surface area (Å²) in [5.74, 6) is 0.509. The van der Waals surface area contributed by atoms with Crippen molar-refractivity contribution in [2.45, 2.75) is 26.1 Å². The van der Waals surface area contributed by atoms with Crippen LogP contribution >= 0.6 is 23.2 Å². The third kappa shape index (κ3) is 3.69. The highest BCUT2D eigenvalue weighted by atomic mass is 35.5. The van der Waals surface area contributed by atoms with Crippen LogP contribution in [0.4, 0.5) is 4.39 Å². The second kappa shape index (κ2) is 6.81. The Morgan fingerprint density at radius 2 is 2.14 bits per heavy atom. The first-order chi connectivity index (χ1) is 10.3. The van der Waals surface area contributed by atoms with Gasteiger partial charge in [-0.1, -0.05) is 37.0 Å². The summed E-state index contributed by atoms with van der Waals surface area (Å²) in [4.78, 5) is 3.99.